The number of hydrogen-bond donors (Lipinski definition) is 0. The van der Waals surface area contributed by atoms with Crippen molar-refractivity contribution in [3.63, 3.8) is 0 Å². The number of pyridine rings is 1. The monoisotopic (exact) mass is 1160 g/mol. The molecule has 1 aliphatic rings. The first kappa shape index (κ1) is 39.3. The van der Waals surface area contributed by atoms with Gasteiger partial charge >= 0.3 is 0 Å². The third kappa shape index (κ3) is 9.83. The molecule has 0 amide bonds. The number of para-hydroxylation sites is 4. The van der Waals surface area contributed by atoms with Crippen LogP contribution in [0.15, 0.2) is 176 Å². The van der Waals surface area contributed by atoms with Crippen LogP contribution in [0, 0.1) is 44.3 Å². The van der Waals surface area contributed by atoms with E-state index in [1.165, 1.54) is 6.07 Å². The van der Waals surface area contributed by atoms with E-state index in [4.69, 9.17) is 17.9 Å². The first-order valence-corrected chi connectivity index (χ1v) is 24.9. The van der Waals surface area contributed by atoms with E-state index in [1.54, 1.807) is 48.5 Å². The van der Waals surface area contributed by atoms with Gasteiger partial charge in [-0.25, -0.2) is 4.98 Å². The van der Waals surface area contributed by atoms with Crippen LogP contribution in [0.4, 0.5) is 22.7 Å². The molecule has 8 aromatic carbocycles. The number of aromatic nitrogens is 2. The van der Waals surface area contributed by atoms with Crippen molar-refractivity contribution >= 4 is 44.6 Å². The number of rotatable bonds is 12. The molecule has 0 fully saturated rings. The van der Waals surface area contributed by atoms with E-state index in [0.29, 0.717) is 61.8 Å². The van der Waals surface area contributed by atoms with Gasteiger partial charge in [-0.05, 0) is 129 Å². The molecule has 0 bridgehead atoms. The fourth-order valence-corrected chi connectivity index (χ4v) is 9.97. The number of hydrogen-bond acceptors (Lipinski definition) is 4. The SMILES string of the molecule is [2H]C([2H])([2H])c1ccccc1-c1ccc(-c2cccc(-c3cc(C([2H])([2H])C(C)C)cc(C([2H])([2H])C(C)C)c3)c2N2[CH-]N(c3[c-]c(Oc4[c-]c5c(cc4)c4ccccc4n5-c4cc(C(C)(C)C)ccn4)ccc3)c3ccccc32)cc1C([2H])([2H])[2H].[Pt]. The number of aryl methyl sites for hydroxylation is 2. The summed E-state index contributed by atoms with van der Waals surface area (Å²) in [4.78, 5) is 8.87. The van der Waals surface area contributed by atoms with Gasteiger partial charge in [0, 0.05) is 86.2 Å². The zero-order valence-corrected chi connectivity index (χ0v) is 44.8. The van der Waals surface area contributed by atoms with Crippen LogP contribution in [0.1, 0.15) is 90.0 Å². The standard InChI is InChI=1S/C68H63N4O.Pt/c1-44(2)34-48-37-49(35-45(3)4)39-51(38-48)59-24-17-23-58(50-28-30-57(47(6)36-50)56-21-11-10-18-46(56)5)67(59)71-43-70(63-26-14-15-27-64(63)71)53-19-16-20-54(41-53)73-55-29-31-61-60-22-12-13-25-62(60)72(65(61)42-55)66-40-52(32-33-69-66)68(7,8)9;/h10-33,36-40,43-45H,34-35H2,1-9H3;/q-3;/i5D3,6D3,34D2,35D2;. The van der Waals surface area contributed by atoms with E-state index in [-0.39, 0.29) is 43.2 Å². The number of fused-ring (bicyclic) bond motifs is 4. The molecule has 0 atom stereocenters. The van der Waals surface area contributed by atoms with Gasteiger partial charge in [0.15, 0.2) is 0 Å². The predicted octanol–water partition coefficient (Wildman–Crippen LogP) is 18.3. The van der Waals surface area contributed by atoms with Gasteiger partial charge < -0.3 is 19.1 Å². The summed E-state index contributed by atoms with van der Waals surface area (Å²) in [5.41, 5.74) is 9.13. The number of benzene rings is 8. The Morgan fingerprint density at radius 1 is 0.595 bits per heavy atom. The fourth-order valence-electron chi connectivity index (χ4n) is 9.97. The van der Waals surface area contributed by atoms with Crippen molar-refractivity contribution < 1.29 is 39.5 Å². The second-order valence-corrected chi connectivity index (χ2v) is 20.3. The van der Waals surface area contributed by atoms with Gasteiger partial charge in [0.2, 0.25) is 0 Å². The van der Waals surface area contributed by atoms with Crippen molar-refractivity contribution in [1.29, 1.82) is 0 Å². The Hall–Kier alpha value is -7.20. The second-order valence-electron chi connectivity index (χ2n) is 20.3. The summed E-state index contributed by atoms with van der Waals surface area (Å²) in [7, 11) is 0. The second kappa shape index (κ2) is 20.6. The van der Waals surface area contributed by atoms with Crippen LogP contribution < -0.4 is 14.5 Å². The zero-order chi connectivity index (χ0) is 59.1. The largest absolute Gasteiger partial charge is 0.509 e. The minimum absolute atomic E-state index is 0. The van der Waals surface area contributed by atoms with Crippen molar-refractivity contribution in [1.82, 2.24) is 9.55 Å². The summed E-state index contributed by atoms with van der Waals surface area (Å²) < 4.78 is 98.0. The Balaban J connectivity index is 0.00000786. The van der Waals surface area contributed by atoms with Gasteiger partial charge in [0.25, 0.3) is 0 Å². The molecule has 0 unspecified atom stereocenters. The van der Waals surface area contributed by atoms with E-state index in [0.717, 1.165) is 44.6 Å². The van der Waals surface area contributed by atoms with Crippen LogP contribution in [0.2, 0.25) is 0 Å². The van der Waals surface area contributed by atoms with E-state index in [1.807, 2.05) is 141 Å². The molecule has 0 saturated heterocycles. The van der Waals surface area contributed by atoms with E-state index in [9.17, 15) is 5.48 Å². The van der Waals surface area contributed by atoms with Crippen LogP contribution in [0.5, 0.6) is 11.5 Å². The van der Waals surface area contributed by atoms with Crippen molar-refractivity contribution in [3.8, 4) is 50.7 Å². The van der Waals surface area contributed by atoms with Crippen LogP contribution in [-0.4, -0.2) is 9.55 Å². The summed E-state index contributed by atoms with van der Waals surface area (Å²) in [5.74, 6) is 0.758. The molecule has 74 heavy (non-hydrogen) atoms. The molecule has 374 valence electrons. The molecule has 10 aromatic rings. The van der Waals surface area contributed by atoms with Gasteiger partial charge in [0.05, 0.1) is 0 Å². The average Bonchev–Trinajstić information content (AvgIpc) is 1.52. The molecule has 0 radical (unpaired) electrons. The topological polar surface area (TPSA) is 33.5 Å². The van der Waals surface area contributed by atoms with Gasteiger partial charge in [0.1, 0.15) is 5.82 Å². The quantitative estimate of drug-likeness (QED) is 0.114. The Labute approximate surface area is 466 Å². The zero-order valence-electron chi connectivity index (χ0n) is 52.5. The smallest absolute Gasteiger partial charge is 0.135 e. The molecule has 0 aliphatic carbocycles. The van der Waals surface area contributed by atoms with E-state index >= 15 is 0 Å². The maximum atomic E-state index is 9.36. The van der Waals surface area contributed by atoms with Crippen LogP contribution >= 0.6 is 0 Å². The van der Waals surface area contributed by atoms with E-state index < -0.39 is 38.3 Å². The molecule has 5 nitrogen and oxygen atoms in total. The number of ether oxygens (including phenoxy) is 1. The molecule has 6 heteroatoms. The molecule has 0 N–H and O–H groups in total. The van der Waals surface area contributed by atoms with E-state index in [2.05, 4.69) is 61.7 Å². The maximum absolute atomic E-state index is 9.36. The van der Waals surface area contributed by atoms with Crippen molar-refractivity contribution in [2.24, 2.45) is 11.8 Å². The van der Waals surface area contributed by atoms with Crippen molar-refractivity contribution in [2.45, 2.75) is 80.3 Å². The molecule has 11 rings (SSSR count). The molecule has 0 spiro atoms. The van der Waals surface area contributed by atoms with Crippen molar-refractivity contribution in [3.05, 3.63) is 223 Å². The van der Waals surface area contributed by atoms with Gasteiger partial charge in [-0.15, -0.1) is 48.1 Å². The Kier molecular flexibility index (Phi) is 10.9. The predicted molar refractivity (Wildman–Crippen MR) is 306 cm³/mol. The third-order valence-corrected chi connectivity index (χ3v) is 13.2. The molecule has 0 saturated carbocycles. The van der Waals surface area contributed by atoms with Gasteiger partial charge in [-0.1, -0.05) is 163 Å². The summed E-state index contributed by atoms with van der Waals surface area (Å²) in [6.07, 6.45) is -1.86. The number of nitrogens with zero attached hydrogens (tertiary/aromatic N) is 4. The summed E-state index contributed by atoms with van der Waals surface area (Å²) in [6, 6.07) is 59.5. The Morgan fingerprint density at radius 3 is 1.99 bits per heavy atom. The first-order valence-electron chi connectivity index (χ1n) is 29.9. The normalized spacial score (nSPS) is 15.3. The van der Waals surface area contributed by atoms with Crippen LogP contribution in [0.3, 0.4) is 0 Å². The molecular weight excluding hydrogens is 1080 g/mol. The summed E-state index contributed by atoms with van der Waals surface area (Å²) in [5, 5.41) is 2.06. The van der Waals surface area contributed by atoms with Gasteiger partial charge in [-0.3, -0.25) is 0 Å². The molecule has 3 heterocycles. The third-order valence-electron chi connectivity index (χ3n) is 13.2. The number of anilines is 4. The average molecular weight is 1160 g/mol. The summed E-state index contributed by atoms with van der Waals surface area (Å²) >= 11 is 0. The van der Waals surface area contributed by atoms with Crippen LogP contribution in [-0.2, 0) is 39.2 Å². The maximum Gasteiger partial charge on any atom is 0.135 e. The van der Waals surface area contributed by atoms with Crippen molar-refractivity contribution in [2.75, 3.05) is 9.80 Å². The Bertz CT molecular complexity index is 4080. The van der Waals surface area contributed by atoms with Crippen LogP contribution in [0.25, 0.3) is 61.0 Å². The molecular formula is C68H63N4OPt-3. The minimum atomic E-state index is -2.68. The minimum Gasteiger partial charge on any atom is -0.509 e. The Morgan fingerprint density at radius 2 is 1.24 bits per heavy atom. The fraction of sp³-hybridized carbons (Fsp3) is 0.206. The molecule has 1 aliphatic heterocycles. The summed E-state index contributed by atoms with van der Waals surface area (Å²) in [6.45, 7) is 10.5. The van der Waals surface area contributed by atoms with Gasteiger partial charge in [-0.2, -0.15) is 12.1 Å². The first-order chi connectivity index (χ1) is 39.2. The molecule has 2 aromatic heterocycles.